The highest BCUT2D eigenvalue weighted by Gasteiger charge is 2.19. The second kappa shape index (κ2) is 9.97. The van der Waals surface area contributed by atoms with Gasteiger partial charge >= 0.3 is 5.69 Å². The maximum atomic E-state index is 13.7. The maximum absolute atomic E-state index is 13.7. The quantitative estimate of drug-likeness (QED) is 0.370. The summed E-state index contributed by atoms with van der Waals surface area (Å²) in [4.78, 5) is 41.5. The third kappa shape index (κ3) is 5.20. The van der Waals surface area contributed by atoms with Crippen LogP contribution >= 0.6 is 0 Å². The monoisotopic (exact) mass is 421 g/mol. The number of aliphatic hydroxyl groups is 1. The molecule has 0 spiro atoms. The van der Waals surface area contributed by atoms with Gasteiger partial charge in [-0.05, 0) is 39.0 Å². The summed E-state index contributed by atoms with van der Waals surface area (Å²) in [5.41, 5.74) is -1.17. The van der Waals surface area contributed by atoms with Crippen molar-refractivity contribution >= 4 is 12.0 Å². The van der Waals surface area contributed by atoms with E-state index < -0.39 is 29.7 Å². The van der Waals surface area contributed by atoms with Crippen molar-refractivity contribution in [3.63, 3.8) is 0 Å². The second-order valence-electron chi connectivity index (χ2n) is 6.79. The number of aldehydes is 1. The SMILES string of the molecule is COc1ccc(F)cc1C(O)Cn1cc(/C(C)=N/OC(C)C)c(=O)n(CC=O)c1=O. The van der Waals surface area contributed by atoms with Gasteiger partial charge in [0.2, 0.25) is 0 Å². The molecule has 0 saturated carbocycles. The number of carbonyl (C=O) groups is 1. The minimum absolute atomic E-state index is 0.0236. The van der Waals surface area contributed by atoms with Crippen LogP contribution < -0.4 is 16.0 Å². The smallest absolute Gasteiger partial charge is 0.331 e. The molecule has 0 aliphatic rings. The third-order valence-electron chi connectivity index (χ3n) is 4.20. The van der Waals surface area contributed by atoms with E-state index in [0.717, 1.165) is 15.2 Å². The Morgan fingerprint density at radius 2 is 2.03 bits per heavy atom. The van der Waals surface area contributed by atoms with Crippen LogP contribution in [-0.4, -0.2) is 39.5 Å². The van der Waals surface area contributed by atoms with Crippen molar-refractivity contribution in [3.8, 4) is 5.75 Å². The molecular weight excluding hydrogens is 397 g/mol. The Balaban J connectivity index is 2.55. The van der Waals surface area contributed by atoms with Crippen LogP contribution in [0.4, 0.5) is 4.39 Å². The van der Waals surface area contributed by atoms with E-state index in [1.165, 1.54) is 32.4 Å². The fourth-order valence-corrected chi connectivity index (χ4v) is 2.75. The number of ether oxygens (including phenoxy) is 1. The van der Waals surface area contributed by atoms with Crippen LogP contribution in [0.1, 0.15) is 38.0 Å². The molecular formula is C20H24FN3O6. The van der Waals surface area contributed by atoms with E-state index in [2.05, 4.69) is 5.16 Å². The lowest BCUT2D eigenvalue weighted by Crippen LogP contribution is -2.43. The summed E-state index contributed by atoms with van der Waals surface area (Å²) in [6, 6.07) is 3.63. The molecule has 162 valence electrons. The molecule has 0 aliphatic carbocycles. The molecule has 1 aromatic carbocycles. The van der Waals surface area contributed by atoms with Gasteiger partial charge in [-0.2, -0.15) is 0 Å². The number of halogens is 1. The lowest BCUT2D eigenvalue weighted by atomic mass is 10.1. The molecule has 1 N–H and O–H groups in total. The molecule has 10 heteroatoms. The summed E-state index contributed by atoms with van der Waals surface area (Å²) in [5.74, 6) is -0.348. The summed E-state index contributed by atoms with van der Waals surface area (Å²) in [7, 11) is 1.37. The van der Waals surface area contributed by atoms with E-state index in [-0.39, 0.29) is 35.2 Å². The van der Waals surface area contributed by atoms with Crippen LogP contribution in [-0.2, 0) is 22.7 Å². The molecule has 30 heavy (non-hydrogen) atoms. The van der Waals surface area contributed by atoms with E-state index in [0.29, 0.717) is 6.29 Å². The molecule has 0 amide bonds. The highest BCUT2D eigenvalue weighted by molar-refractivity contribution is 5.97. The zero-order valence-electron chi connectivity index (χ0n) is 17.2. The van der Waals surface area contributed by atoms with Gasteiger partial charge in [-0.3, -0.25) is 13.9 Å². The molecule has 0 bridgehead atoms. The Bertz CT molecular complexity index is 1060. The van der Waals surface area contributed by atoms with Gasteiger partial charge < -0.3 is 19.5 Å². The van der Waals surface area contributed by atoms with Crippen LogP contribution in [0.5, 0.6) is 5.75 Å². The molecule has 0 saturated heterocycles. The first-order chi connectivity index (χ1) is 14.2. The van der Waals surface area contributed by atoms with Crippen molar-refractivity contribution in [1.29, 1.82) is 0 Å². The van der Waals surface area contributed by atoms with E-state index in [1.54, 1.807) is 13.8 Å². The lowest BCUT2D eigenvalue weighted by molar-refractivity contribution is -0.108. The Morgan fingerprint density at radius 3 is 2.63 bits per heavy atom. The second-order valence-corrected chi connectivity index (χ2v) is 6.79. The van der Waals surface area contributed by atoms with Crippen LogP contribution in [0.15, 0.2) is 39.1 Å². The molecule has 0 aliphatic heterocycles. The number of benzene rings is 1. The molecule has 2 aromatic rings. The van der Waals surface area contributed by atoms with Gasteiger partial charge in [-0.25, -0.2) is 9.18 Å². The fourth-order valence-electron chi connectivity index (χ4n) is 2.75. The van der Waals surface area contributed by atoms with Crippen molar-refractivity contribution in [3.05, 3.63) is 62.2 Å². The Labute approximate surface area is 172 Å². The van der Waals surface area contributed by atoms with Crippen LogP contribution in [0, 0.1) is 5.82 Å². The van der Waals surface area contributed by atoms with E-state index in [9.17, 15) is 23.9 Å². The molecule has 9 nitrogen and oxygen atoms in total. The van der Waals surface area contributed by atoms with E-state index >= 15 is 0 Å². The van der Waals surface area contributed by atoms with Crippen LogP contribution in [0.2, 0.25) is 0 Å². The summed E-state index contributed by atoms with van der Waals surface area (Å²) in [6.07, 6.45) is 0.0849. The average Bonchev–Trinajstić information content (AvgIpc) is 2.71. The summed E-state index contributed by atoms with van der Waals surface area (Å²) >= 11 is 0. The third-order valence-corrected chi connectivity index (χ3v) is 4.20. The minimum atomic E-state index is -1.33. The standard InChI is InChI=1S/C20H24FN3O6/c1-12(2)30-22-13(3)16-10-23(20(28)24(7-8-25)19(16)27)11-17(26)15-9-14(21)5-6-18(15)29-4/h5-6,8-10,12,17,26H,7,11H2,1-4H3/b22-13+. The van der Waals surface area contributed by atoms with Gasteiger partial charge in [-0.1, -0.05) is 5.16 Å². The normalized spacial score (nSPS) is 12.7. The van der Waals surface area contributed by atoms with Crippen molar-refractivity contribution < 1.29 is 23.9 Å². The molecule has 2 rings (SSSR count). The van der Waals surface area contributed by atoms with E-state index in [4.69, 9.17) is 9.57 Å². The first kappa shape index (κ1) is 23.0. The number of oxime groups is 1. The predicted molar refractivity (Wildman–Crippen MR) is 107 cm³/mol. The summed E-state index contributed by atoms with van der Waals surface area (Å²) in [6.45, 7) is 4.24. The topological polar surface area (TPSA) is 112 Å². The molecule has 0 fully saturated rings. The number of hydrogen-bond donors (Lipinski definition) is 1. The molecule has 1 aromatic heterocycles. The number of carbonyl (C=O) groups excluding carboxylic acids is 1. The van der Waals surface area contributed by atoms with E-state index in [1.807, 2.05) is 0 Å². The number of hydrogen-bond acceptors (Lipinski definition) is 7. The number of rotatable bonds is 9. The Hall–Kier alpha value is -3.27. The number of aromatic nitrogens is 2. The molecule has 1 heterocycles. The zero-order valence-corrected chi connectivity index (χ0v) is 17.2. The van der Waals surface area contributed by atoms with Gasteiger partial charge in [0, 0.05) is 11.8 Å². The summed E-state index contributed by atoms with van der Waals surface area (Å²) < 4.78 is 20.6. The fraction of sp³-hybridized carbons (Fsp3) is 0.400. The largest absolute Gasteiger partial charge is 0.496 e. The number of aliphatic hydroxyl groups excluding tert-OH is 1. The zero-order chi connectivity index (χ0) is 22.4. The first-order valence-electron chi connectivity index (χ1n) is 9.19. The molecule has 1 atom stereocenters. The highest BCUT2D eigenvalue weighted by atomic mass is 19.1. The van der Waals surface area contributed by atoms with Gasteiger partial charge in [-0.15, -0.1) is 0 Å². The maximum Gasteiger partial charge on any atom is 0.331 e. The van der Waals surface area contributed by atoms with Gasteiger partial charge in [0.05, 0.1) is 31.5 Å². The first-order valence-corrected chi connectivity index (χ1v) is 9.19. The van der Waals surface area contributed by atoms with Crippen molar-refractivity contribution in [2.75, 3.05) is 7.11 Å². The molecule has 1 unspecified atom stereocenters. The van der Waals surface area contributed by atoms with Crippen molar-refractivity contribution in [2.45, 2.75) is 46.1 Å². The number of nitrogens with zero attached hydrogens (tertiary/aromatic N) is 3. The lowest BCUT2D eigenvalue weighted by Gasteiger charge is -2.18. The highest BCUT2D eigenvalue weighted by Crippen LogP contribution is 2.26. The predicted octanol–water partition coefficient (Wildman–Crippen LogP) is 1.24. The van der Waals surface area contributed by atoms with Gasteiger partial charge in [0.15, 0.2) is 0 Å². The Morgan fingerprint density at radius 1 is 1.33 bits per heavy atom. The van der Waals surface area contributed by atoms with Gasteiger partial charge in [0.25, 0.3) is 5.56 Å². The van der Waals surface area contributed by atoms with Crippen LogP contribution in [0.3, 0.4) is 0 Å². The number of methoxy groups -OCH3 is 1. The summed E-state index contributed by atoms with van der Waals surface area (Å²) in [5, 5.41) is 14.5. The minimum Gasteiger partial charge on any atom is -0.496 e. The average molecular weight is 421 g/mol. The van der Waals surface area contributed by atoms with Gasteiger partial charge in [0.1, 0.15) is 30.1 Å². The molecule has 0 radical (unpaired) electrons. The van der Waals surface area contributed by atoms with Crippen molar-refractivity contribution in [1.82, 2.24) is 9.13 Å². The van der Waals surface area contributed by atoms with Crippen LogP contribution in [0.25, 0.3) is 0 Å². The Kier molecular flexibility index (Phi) is 7.65. The van der Waals surface area contributed by atoms with Crippen molar-refractivity contribution in [2.24, 2.45) is 5.16 Å².